The minimum atomic E-state index is -0.304. The molecule has 0 radical (unpaired) electrons. The fourth-order valence-corrected chi connectivity index (χ4v) is 2.78. The molecule has 3 heterocycles. The van der Waals surface area contributed by atoms with Crippen LogP contribution in [0.15, 0.2) is 12.3 Å². The number of hydrogen-bond acceptors (Lipinski definition) is 7. The molecule has 3 aromatic rings. The lowest BCUT2D eigenvalue weighted by Crippen LogP contribution is -2.25. The largest absolute Gasteiger partial charge is 0.344 e. The number of fused-ring (bicyclic) bond motifs is 1. The van der Waals surface area contributed by atoms with E-state index in [0.717, 1.165) is 16.3 Å². The molecule has 0 aliphatic heterocycles. The number of nitrogens with zero attached hydrogens (tertiary/aromatic N) is 6. The molecule has 3 aromatic heterocycles. The van der Waals surface area contributed by atoms with Crippen LogP contribution in [0.4, 0.5) is 0 Å². The Morgan fingerprint density at radius 2 is 2.18 bits per heavy atom. The van der Waals surface area contributed by atoms with Crippen LogP contribution in [0, 0.1) is 6.92 Å². The number of amides is 1. The van der Waals surface area contributed by atoms with Crippen molar-refractivity contribution in [3.8, 4) is 0 Å². The zero-order chi connectivity index (χ0) is 15.7. The molecule has 0 aliphatic rings. The van der Waals surface area contributed by atoms with E-state index in [1.165, 1.54) is 11.5 Å². The Hall–Kier alpha value is -2.42. The summed E-state index contributed by atoms with van der Waals surface area (Å²) in [6, 6.07) is 1.80. The first kappa shape index (κ1) is 14.5. The number of carbonyl (C=O) groups is 1. The molecule has 0 unspecified atom stereocenters. The molecule has 0 fully saturated rings. The first-order chi connectivity index (χ1) is 10.6. The second-order valence-electron chi connectivity index (χ2n) is 5.18. The van der Waals surface area contributed by atoms with Crippen LogP contribution in [-0.4, -0.2) is 35.1 Å². The Morgan fingerprint density at radius 3 is 2.95 bits per heavy atom. The van der Waals surface area contributed by atoms with E-state index in [9.17, 15) is 4.79 Å². The zero-order valence-electron chi connectivity index (χ0n) is 12.4. The highest BCUT2D eigenvalue weighted by molar-refractivity contribution is 7.05. The van der Waals surface area contributed by atoms with Gasteiger partial charge in [-0.25, -0.2) is 4.98 Å². The van der Waals surface area contributed by atoms with Crippen LogP contribution in [0.25, 0.3) is 5.78 Å². The van der Waals surface area contributed by atoms with E-state index in [0.29, 0.717) is 12.3 Å². The molecule has 0 spiro atoms. The Balaban J connectivity index is 1.77. The molecule has 0 aromatic carbocycles. The molecule has 8 nitrogen and oxygen atoms in total. The van der Waals surface area contributed by atoms with Crippen molar-refractivity contribution < 1.29 is 4.79 Å². The van der Waals surface area contributed by atoms with Crippen molar-refractivity contribution in [2.24, 2.45) is 0 Å². The third kappa shape index (κ3) is 2.67. The third-order valence-electron chi connectivity index (χ3n) is 3.16. The summed E-state index contributed by atoms with van der Waals surface area (Å²) >= 11 is 1.29. The smallest absolute Gasteiger partial charge is 0.289 e. The summed E-state index contributed by atoms with van der Waals surface area (Å²) in [6.07, 6.45) is 1.74. The first-order valence-corrected chi connectivity index (χ1v) is 7.61. The SMILES string of the molecule is Cc1ccn2c(C(=O)NCc3snnc3C(C)C)nnc2n1. The van der Waals surface area contributed by atoms with Gasteiger partial charge >= 0.3 is 0 Å². The minimum Gasteiger partial charge on any atom is -0.344 e. The van der Waals surface area contributed by atoms with Gasteiger partial charge in [-0.2, -0.15) is 0 Å². The van der Waals surface area contributed by atoms with Crippen molar-refractivity contribution in [2.45, 2.75) is 33.2 Å². The quantitative estimate of drug-likeness (QED) is 0.779. The number of rotatable bonds is 4. The maximum absolute atomic E-state index is 12.3. The van der Waals surface area contributed by atoms with Crippen LogP contribution in [0.3, 0.4) is 0 Å². The number of carbonyl (C=O) groups excluding carboxylic acids is 1. The second kappa shape index (κ2) is 5.76. The van der Waals surface area contributed by atoms with Crippen LogP contribution in [-0.2, 0) is 6.54 Å². The van der Waals surface area contributed by atoms with Crippen LogP contribution < -0.4 is 5.32 Å². The molecule has 0 aliphatic carbocycles. The van der Waals surface area contributed by atoms with Gasteiger partial charge in [0.25, 0.3) is 11.7 Å². The normalized spacial score (nSPS) is 11.3. The molecule has 9 heteroatoms. The van der Waals surface area contributed by atoms with Gasteiger partial charge in [-0.05, 0) is 30.4 Å². The summed E-state index contributed by atoms with van der Waals surface area (Å²) in [5, 5.41) is 14.7. The van der Waals surface area contributed by atoms with Gasteiger partial charge in [0.1, 0.15) is 0 Å². The van der Waals surface area contributed by atoms with E-state index in [1.54, 1.807) is 16.7 Å². The predicted molar refractivity (Wildman–Crippen MR) is 80.7 cm³/mol. The van der Waals surface area contributed by atoms with E-state index in [4.69, 9.17) is 0 Å². The maximum atomic E-state index is 12.3. The van der Waals surface area contributed by atoms with E-state index in [1.807, 2.05) is 20.8 Å². The highest BCUT2D eigenvalue weighted by Crippen LogP contribution is 2.19. The molecular weight excluding hydrogens is 302 g/mol. The van der Waals surface area contributed by atoms with E-state index < -0.39 is 0 Å². The molecule has 22 heavy (non-hydrogen) atoms. The summed E-state index contributed by atoms with van der Waals surface area (Å²) in [6.45, 7) is 6.32. The molecule has 0 bridgehead atoms. The fraction of sp³-hybridized carbons (Fsp3) is 0.385. The van der Waals surface area contributed by atoms with Crippen LogP contribution in [0.1, 0.15) is 46.6 Å². The molecule has 3 rings (SSSR count). The van der Waals surface area contributed by atoms with Gasteiger partial charge in [0.2, 0.25) is 5.82 Å². The topological polar surface area (TPSA) is 98.0 Å². The Labute approximate surface area is 130 Å². The zero-order valence-corrected chi connectivity index (χ0v) is 13.3. The molecule has 1 amide bonds. The van der Waals surface area contributed by atoms with E-state index >= 15 is 0 Å². The Bertz CT molecular complexity index is 823. The van der Waals surface area contributed by atoms with Crippen molar-refractivity contribution in [3.63, 3.8) is 0 Å². The number of hydrogen-bond donors (Lipinski definition) is 1. The van der Waals surface area contributed by atoms with Crippen molar-refractivity contribution >= 4 is 23.2 Å². The summed E-state index contributed by atoms with van der Waals surface area (Å²) in [4.78, 5) is 17.5. The fourth-order valence-electron chi connectivity index (χ4n) is 2.04. The van der Waals surface area contributed by atoms with Crippen molar-refractivity contribution in [3.05, 3.63) is 34.4 Å². The predicted octanol–water partition coefficient (Wildman–Crippen LogP) is 1.34. The van der Waals surface area contributed by atoms with Gasteiger partial charge in [-0.1, -0.05) is 18.3 Å². The number of aromatic nitrogens is 6. The van der Waals surface area contributed by atoms with Gasteiger partial charge in [0.05, 0.1) is 17.1 Å². The van der Waals surface area contributed by atoms with E-state index in [2.05, 4.69) is 30.1 Å². The average molecular weight is 317 g/mol. The van der Waals surface area contributed by atoms with Crippen LogP contribution >= 0.6 is 11.5 Å². The van der Waals surface area contributed by atoms with Gasteiger partial charge in [-0.3, -0.25) is 9.20 Å². The van der Waals surface area contributed by atoms with Crippen LogP contribution in [0.2, 0.25) is 0 Å². The Kier molecular flexibility index (Phi) is 3.80. The van der Waals surface area contributed by atoms with Crippen LogP contribution in [0.5, 0.6) is 0 Å². The maximum Gasteiger partial charge on any atom is 0.289 e. The molecule has 114 valence electrons. The summed E-state index contributed by atoms with van der Waals surface area (Å²) in [5.41, 5.74) is 1.73. The lowest BCUT2D eigenvalue weighted by molar-refractivity contribution is 0.0939. The van der Waals surface area contributed by atoms with Gasteiger partial charge in [0.15, 0.2) is 0 Å². The molecular formula is C13H15N7OS. The molecule has 0 atom stereocenters. The van der Waals surface area contributed by atoms with Crippen molar-refractivity contribution in [2.75, 3.05) is 0 Å². The monoisotopic (exact) mass is 317 g/mol. The third-order valence-corrected chi connectivity index (χ3v) is 3.90. The summed E-state index contributed by atoms with van der Waals surface area (Å²) in [7, 11) is 0. The highest BCUT2D eigenvalue weighted by atomic mass is 32.1. The molecule has 0 saturated heterocycles. The number of aryl methyl sites for hydroxylation is 1. The lowest BCUT2D eigenvalue weighted by atomic mass is 10.1. The summed E-state index contributed by atoms with van der Waals surface area (Å²) in [5.74, 6) is 0.589. The van der Waals surface area contributed by atoms with Gasteiger partial charge in [0, 0.05) is 11.9 Å². The van der Waals surface area contributed by atoms with Gasteiger partial charge < -0.3 is 5.32 Å². The molecule has 1 N–H and O–H groups in total. The highest BCUT2D eigenvalue weighted by Gasteiger charge is 2.17. The van der Waals surface area contributed by atoms with E-state index in [-0.39, 0.29) is 17.6 Å². The lowest BCUT2D eigenvalue weighted by Gasteiger charge is -2.05. The van der Waals surface area contributed by atoms with Crippen molar-refractivity contribution in [1.82, 2.24) is 34.5 Å². The Morgan fingerprint density at radius 1 is 1.36 bits per heavy atom. The summed E-state index contributed by atoms with van der Waals surface area (Å²) < 4.78 is 5.51. The molecule has 0 saturated carbocycles. The number of nitrogens with one attached hydrogen (secondary N) is 1. The minimum absolute atomic E-state index is 0.214. The average Bonchev–Trinajstić information content (AvgIpc) is 3.10. The first-order valence-electron chi connectivity index (χ1n) is 6.84. The standard InChI is InChI=1S/C13H15N7OS/c1-7(2)10-9(22-19-16-10)6-14-12(21)11-17-18-13-15-8(3)4-5-20(11)13/h4-5,7H,6H2,1-3H3,(H,14,21). The second-order valence-corrected chi connectivity index (χ2v) is 6.02. The van der Waals surface area contributed by atoms with Gasteiger partial charge in [-0.15, -0.1) is 15.3 Å². The van der Waals surface area contributed by atoms with Crippen molar-refractivity contribution in [1.29, 1.82) is 0 Å².